The van der Waals surface area contributed by atoms with Crippen molar-refractivity contribution in [2.75, 3.05) is 43.6 Å². The summed E-state index contributed by atoms with van der Waals surface area (Å²) in [5, 5.41) is 4.23. The highest BCUT2D eigenvalue weighted by molar-refractivity contribution is 7.99. The van der Waals surface area contributed by atoms with Gasteiger partial charge in [-0.2, -0.15) is 15.0 Å². The van der Waals surface area contributed by atoms with E-state index in [-0.39, 0.29) is 0 Å². The van der Waals surface area contributed by atoms with Crippen LogP contribution in [0.15, 0.2) is 5.16 Å². The summed E-state index contributed by atoms with van der Waals surface area (Å²) in [6.45, 7) is 7.54. The fraction of sp³-hybridized carbons (Fsp3) is 0.727. The Labute approximate surface area is 112 Å². The molecule has 2 rings (SSSR count). The van der Waals surface area contributed by atoms with E-state index in [1.165, 1.54) is 0 Å². The van der Waals surface area contributed by atoms with Crippen LogP contribution in [0.2, 0.25) is 0 Å². The van der Waals surface area contributed by atoms with Gasteiger partial charge < -0.3 is 15.0 Å². The monoisotopic (exact) mass is 269 g/mol. The highest BCUT2D eigenvalue weighted by atomic mass is 32.2. The third-order valence-electron chi connectivity index (χ3n) is 2.75. The quantitative estimate of drug-likeness (QED) is 0.833. The maximum Gasteiger partial charge on any atom is 0.231 e. The van der Waals surface area contributed by atoms with E-state index in [0.29, 0.717) is 11.2 Å². The van der Waals surface area contributed by atoms with E-state index in [2.05, 4.69) is 39.0 Å². The van der Waals surface area contributed by atoms with E-state index in [1.807, 2.05) is 7.05 Å². The third kappa shape index (κ3) is 3.02. The zero-order valence-corrected chi connectivity index (χ0v) is 11.8. The first-order valence-electron chi connectivity index (χ1n) is 6.20. The molecule has 2 heterocycles. The molecule has 0 aromatic carbocycles. The van der Waals surface area contributed by atoms with Gasteiger partial charge in [-0.3, -0.25) is 0 Å². The van der Waals surface area contributed by atoms with Gasteiger partial charge in [-0.15, -0.1) is 0 Å². The molecule has 1 N–H and O–H groups in total. The summed E-state index contributed by atoms with van der Waals surface area (Å²) in [4.78, 5) is 15.4. The predicted octanol–water partition coefficient (Wildman–Crippen LogP) is 1.25. The Morgan fingerprint density at radius 3 is 2.50 bits per heavy atom. The maximum absolute atomic E-state index is 5.17. The van der Waals surface area contributed by atoms with Crippen LogP contribution in [-0.2, 0) is 4.74 Å². The third-order valence-corrected chi connectivity index (χ3v) is 3.75. The molecule has 1 fully saturated rings. The van der Waals surface area contributed by atoms with Crippen molar-refractivity contribution in [3.05, 3.63) is 0 Å². The van der Waals surface area contributed by atoms with Crippen LogP contribution in [0.3, 0.4) is 0 Å². The molecule has 1 saturated heterocycles. The Morgan fingerprint density at radius 2 is 2.00 bits per heavy atom. The zero-order chi connectivity index (χ0) is 13.0. The first-order chi connectivity index (χ1) is 8.76. The molecule has 1 aliphatic rings. The van der Waals surface area contributed by atoms with Crippen LogP contribution in [-0.4, -0.2) is 53.6 Å². The number of aromatic nitrogens is 3. The largest absolute Gasteiger partial charge is 0.379 e. The van der Waals surface area contributed by atoms with Crippen molar-refractivity contribution in [3.63, 3.8) is 0 Å². The van der Waals surface area contributed by atoms with Gasteiger partial charge in [0.05, 0.1) is 18.5 Å². The molecule has 7 heteroatoms. The van der Waals surface area contributed by atoms with E-state index >= 15 is 0 Å². The number of rotatable bonds is 6. The number of nitrogens with one attached hydrogen (secondary N) is 1. The standard InChI is InChI=1S/C11H19N5OS/c1-4-16(5-2)10-13-9(12-3)14-11(15-10)18-8-6-17-7-8/h8H,4-7H2,1-3H3,(H,12,13,14,15). The molecule has 0 spiro atoms. The van der Waals surface area contributed by atoms with Crippen LogP contribution < -0.4 is 10.2 Å². The summed E-state index contributed by atoms with van der Waals surface area (Å²) in [5.41, 5.74) is 0. The molecule has 0 saturated carbocycles. The van der Waals surface area contributed by atoms with Crippen LogP contribution in [0.1, 0.15) is 13.8 Å². The summed E-state index contributed by atoms with van der Waals surface area (Å²) in [6, 6.07) is 0. The van der Waals surface area contributed by atoms with Crippen molar-refractivity contribution in [1.82, 2.24) is 15.0 Å². The molecule has 18 heavy (non-hydrogen) atoms. The lowest BCUT2D eigenvalue weighted by molar-refractivity contribution is 0.0454. The fourth-order valence-electron chi connectivity index (χ4n) is 1.59. The van der Waals surface area contributed by atoms with Crippen LogP contribution in [0.25, 0.3) is 0 Å². The Bertz CT molecular complexity index is 395. The Kier molecular flexibility index (Phi) is 4.60. The number of hydrogen-bond acceptors (Lipinski definition) is 7. The molecule has 0 radical (unpaired) electrons. The Balaban J connectivity index is 2.19. The van der Waals surface area contributed by atoms with E-state index in [1.54, 1.807) is 11.8 Å². The highest BCUT2D eigenvalue weighted by Gasteiger charge is 2.22. The average molecular weight is 269 g/mol. The van der Waals surface area contributed by atoms with Crippen LogP contribution >= 0.6 is 11.8 Å². The molecule has 0 unspecified atom stereocenters. The van der Waals surface area contributed by atoms with Gasteiger partial charge in [0.1, 0.15) is 0 Å². The first kappa shape index (κ1) is 13.4. The van der Waals surface area contributed by atoms with Gasteiger partial charge in [0.2, 0.25) is 11.9 Å². The lowest BCUT2D eigenvalue weighted by Gasteiger charge is -2.25. The van der Waals surface area contributed by atoms with Crippen LogP contribution in [0.4, 0.5) is 11.9 Å². The predicted molar refractivity (Wildman–Crippen MR) is 73.4 cm³/mol. The number of anilines is 2. The van der Waals surface area contributed by atoms with Gasteiger partial charge in [0.25, 0.3) is 0 Å². The number of ether oxygens (including phenoxy) is 1. The highest BCUT2D eigenvalue weighted by Crippen LogP contribution is 2.26. The van der Waals surface area contributed by atoms with Crippen molar-refractivity contribution in [2.24, 2.45) is 0 Å². The molecule has 0 bridgehead atoms. The number of hydrogen-bond donors (Lipinski definition) is 1. The van der Waals surface area contributed by atoms with Crippen molar-refractivity contribution in [2.45, 2.75) is 24.3 Å². The van der Waals surface area contributed by atoms with Gasteiger partial charge in [0.15, 0.2) is 5.16 Å². The number of thioether (sulfide) groups is 1. The Hall–Kier alpha value is -1.08. The molecular formula is C11H19N5OS. The Morgan fingerprint density at radius 1 is 1.28 bits per heavy atom. The molecule has 1 aromatic rings. The molecule has 6 nitrogen and oxygen atoms in total. The average Bonchev–Trinajstić information content (AvgIpc) is 2.35. The summed E-state index contributed by atoms with van der Waals surface area (Å²) in [5.74, 6) is 1.36. The smallest absolute Gasteiger partial charge is 0.231 e. The minimum absolute atomic E-state index is 0.474. The van der Waals surface area contributed by atoms with E-state index in [9.17, 15) is 0 Å². The van der Waals surface area contributed by atoms with Crippen molar-refractivity contribution >= 4 is 23.7 Å². The number of nitrogens with zero attached hydrogens (tertiary/aromatic N) is 4. The molecular weight excluding hydrogens is 250 g/mol. The molecule has 0 amide bonds. The van der Waals surface area contributed by atoms with Gasteiger partial charge in [-0.05, 0) is 13.8 Å². The summed E-state index contributed by atoms with van der Waals surface area (Å²) < 4.78 is 5.17. The van der Waals surface area contributed by atoms with E-state index < -0.39 is 0 Å². The lowest BCUT2D eigenvalue weighted by atomic mass is 10.4. The van der Waals surface area contributed by atoms with Crippen molar-refractivity contribution < 1.29 is 4.74 Å². The molecule has 1 aromatic heterocycles. The first-order valence-corrected chi connectivity index (χ1v) is 7.08. The van der Waals surface area contributed by atoms with Gasteiger partial charge in [0, 0.05) is 20.1 Å². The molecule has 0 atom stereocenters. The van der Waals surface area contributed by atoms with Crippen molar-refractivity contribution in [1.29, 1.82) is 0 Å². The minimum atomic E-state index is 0.474. The van der Waals surface area contributed by atoms with Crippen LogP contribution in [0, 0.1) is 0 Å². The van der Waals surface area contributed by atoms with Gasteiger partial charge >= 0.3 is 0 Å². The summed E-state index contributed by atoms with van der Waals surface area (Å²) >= 11 is 1.66. The van der Waals surface area contributed by atoms with Crippen molar-refractivity contribution in [3.8, 4) is 0 Å². The minimum Gasteiger partial charge on any atom is -0.379 e. The van der Waals surface area contributed by atoms with Crippen LogP contribution in [0.5, 0.6) is 0 Å². The maximum atomic E-state index is 5.17. The summed E-state index contributed by atoms with van der Waals surface area (Å²) in [6.07, 6.45) is 0. The molecule has 0 aliphatic carbocycles. The second kappa shape index (κ2) is 6.19. The molecule has 100 valence electrons. The van der Waals surface area contributed by atoms with Gasteiger partial charge in [-0.1, -0.05) is 11.8 Å². The normalized spacial score (nSPS) is 15.3. The summed E-state index contributed by atoms with van der Waals surface area (Å²) in [7, 11) is 1.82. The second-order valence-corrected chi connectivity index (χ2v) is 5.21. The lowest BCUT2D eigenvalue weighted by Crippen LogP contribution is -2.30. The second-order valence-electron chi connectivity index (χ2n) is 3.94. The van der Waals surface area contributed by atoms with E-state index in [0.717, 1.165) is 37.4 Å². The fourth-order valence-corrected chi connectivity index (χ4v) is 2.49. The zero-order valence-electron chi connectivity index (χ0n) is 11.0. The van der Waals surface area contributed by atoms with E-state index in [4.69, 9.17) is 4.74 Å². The molecule has 1 aliphatic heterocycles. The van der Waals surface area contributed by atoms with Gasteiger partial charge in [-0.25, -0.2) is 0 Å². The topological polar surface area (TPSA) is 63.2 Å². The SMILES string of the molecule is CCN(CC)c1nc(NC)nc(SC2COC2)n1.